The van der Waals surface area contributed by atoms with E-state index in [1.807, 2.05) is 0 Å². The Labute approximate surface area is 123 Å². The Bertz CT molecular complexity index is 290. The summed E-state index contributed by atoms with van der Waals surface area (Å²) in [6.45, 7) is 6.27. The number of piperidine rings is 1. The van der Waals surface area contributed by atoms with Crippen LogP contribution in [0.4, 0.5) is 0 Å². The number of rotatable bonds is 3. The van der Waals surface area contributed by atoms with Gasteiger partial charge in [0.1, 0.15) is 0 Å². The predicted octanol–water partition coefficient (Wildman–Crippen LogP) is 2.88. The van der Waals surface area contributed by atoms with Crippen molar-refractivity contribution in [2.24, 2.45) is 11.3 Å². The summed E-state index contributed by atoms with van der Waals surface area (Å²) in [6.07, 6.45) is 8.38. The molecule has 2 N–H and O–H groups in total. The lowest BCUT2D eigenvalue weighted by Crippen LogP contribution is -2.51. The number of halogens is 1. The normalized spacial score (nSPS) is 35.3. The molecule has 0 radical (unpaired) electrons. The van der Waals surface area contributed by atoms with Gasteiger partial charge in [-0.2, -0.15) is 0 Å². The first-order chi connectivity index (χ1) is 8.64. The molecule has 3 atom stereocenters. The second-order valence-electron chi connectivity index (χ2n) is 6.45. The minimum atomic E-state index is -0.183. The Morgan fingerprint density at radius 3 is 2.79 bits per heavy atom. The average Bonchev–Trinajstić information content (AvgIpc) is 2.40. The average molecular weight is 289 g/mol. The van der Waals surface area contributed by atoms with Gasteiger partial charge in [-0.15, -0.1) is 12.4 Å². The SMILES string of the molecule is CCC1CCCC(NC(=O)C2(C)CCCNC2)C1.Cl. The Morgan fingerprint density at radius 1 is 1.37 bits per heavy atom. The molecule has 19 heavy (non-hydrogen) atoms. The van der Waals surface area contributed by atoms with Crippen LogP contribution in [-0.2, 0) is 4.79 Å². The zero-order chi connectivity index (χ0) is 13.0. The van der Waals surface area contributed by atoms with E-state index >= 15 is 0 Å². The summed E-state index contributed by atoms with van der Waals surface area (Å²) in [7, 11) is 0. The van der Waals surface area contributed by atoms with E-state index < -0.39 is 0 Å². The monoisotopic (exact) mass is 288 g/mol. The Balaban J connectivity index is 0.00000180. The van der Waals surface area contributed by atoms with E-state index in [0.717, 1.165) is 31.8 Å². The third kappa shape index (κ3) is 4.35. The maximum Gasteiger partial charge on any atom is 0.227 e. The van der Waals surface area contributed by atoms with Gasteiger partial charge in [0, 0.05) is 12.6 Å². The molecule has 2 rings (SSSR count). The van der Waals surface area contributed by atoms with Crippen molar-refractivity contribution >= 4 is 18.3 Å². The van der Waals surface area contributed by atoms with E-state index in [2.05, 4.69) is 24.5 Å². The first-order valence-electron chi connectivity index (χ1n) is 7.66. The summed E-state index contributed by atoms with van der Waals surface area (Å²) in [6, 6.07) is 0.426. The lowest BCUT2D eigenvalue weighted by Gasteiger charge is -2.36. The van der Waals surface area contributed by atoms with Crippen molar-refractivity contribution in [3.8, 4) is 0 Å². The summed E-state index contributed by atoms with van der Waals surface area (Å²) >= 11 is 0. The summed E-state index contributed by atoms with van der Waals surface area (Å²) in [4.78, 5) is 12.4. The van der Waals surface area contributed by atoms with Gasteiger partial charge in [-0.3, -0.25) is 4.79 Å². The third-order valence-electron chi connectivity index (χ3n) is 4.84. The fraction of sp³-hybridized carbons (Fsp3) is 0.933. The number of hydrogen-bond donors (Lipinski definition) is 2. The highest BCUT2D eigenvalue weighted by atomic mass is 35.5. The van der Waals surface area contributed by atoms with Crippen LogP contribution in [0.1, 0.15) is 58.8 Å². The van der Waals surface area contributed by atoms with Crippen molar-refractivity contribution in [3.05, 3.63) is 0 Å². The highest BCUT2D eigenvalue weighted by molar-refractivity contribution is 5.85. The van der Waals surface area contributed by atoms with Gasteiger partial charge in [0.15, 0.2) is 0 Å². The van der Waals surface area contributed by atoms with E-state index in [0.29, 0.717) is 6.04 Å². The number of hydrogen-bond acceptors (Lipinski definition) is 2. The number of nitrogens with one attached hydrogen (secondary N) is 2. The summed E-state index contributed by atoms with van der Waals surface area (Å²) in [5.41, 5.74) is -0.183. The molecule has 0 aromatic rings. The zero-order valence-electron chi connectivity index (χ0n) is 12.3. The van der Waals surface area contributed by atoms with Crippen molar-refractivity contribution in [2.75, 3.05) is 13.1 Å². The molecule has 0 aromatic heterocycles. The highest BCUT2D eigenvalue weighted by Gasteiger charge is 2.36. The van der Waals surface area contributed by atoms with Crippen molar-refractivity contribution in [3.63, 3.8) is 0 Å². The van der Waals surface area contributed by atoms with Crippen molar-refractivity contribution in [1.29, 1.82) is 0 Å². The molecule has 3 unspecified atom stereocenters. The van der Waals surface area contributed by atoms with Crippen molar-refractivity contribution in [1.82, 2.24) is 10.6 Å². The van der Waals surface area contributed by atoms with E-state index in [9.17, 15) is 4.79 Å². The van der Waals surface area contributed by atoms with Gasteiger partial charge in [-0.25, -0.2) is 0 Å². The Kier molecular flexibility index (Phi) is 6.61. The minimum absolute atomic E-state index is 0. The summed E-state index contributed by atoms with van der Waals surface area (Å²) < 4.78 is 0. The number of carbonyl (C=O) groups is 1. The molecule has 1 aliphatic heterocycles. The lowest BCUT2D eigenvalue weighted by molar-refractivity contribution is -0.132. The molecule has 0 bridgehead atoms. The molecule has 4 heteroatoms. The van der Waals surface area contributed by atoms with Gasteiger partial charge in [0.05, 0.1) is 5.41 Å². The third-order valence-corrected chi connectivity index (χ3v) is 4.84. The summed E-state index contributed by atoms with van der Waals surface area (Å²) in [5.74, 6) is 1.10. The predicted molar refractivity (Wildman–Crippen MR) is 81.6 cm³/mol. The smallest absolute Gasteiger partial charge is 0.227 e. The van der Waals surface area contributed by atoms with Crippen molar-refractivity contribution < 1.29 is 4.79 Å². The molecule has 0 spiro atoms. The van der Waals surface area contributed by atoms with Gasteiger partial charge >= 0.3 is 0 Å². The van der Waals surface area contributed by atoms with Crippen LogP contribution in [0, 0.1) is 11.3 Å². The van der Waals surface area contributed by atoms with Crippen LogP contribution in [0.15, 0.2) is 0 Å². The molecular weight excluding hydrogens is 260 g/mol. The van der Waals surface area contributed by atoms with Crippen LogP contribution >= 0.6 is 12.4 Å². The lowest BCUT2D eigenvalue weighted by atomic mass is 9.80. The first kappa shape index (κ1) is 16.8. The van der Waals surface area contributed by atoms with Crippen LogP contribution in [-0.4, -0.2) is 25.0 Å². The second-order valence-corrected chi connectivity index (χ2v) is 6.45. The molecule has 2 fully saturated rings. The van der Waals surface area contributed by atoms with Gasteiger partial charge in [0.25, 0.3) is 0 Å². The molecule has 2 aliphatic rings. The largest absolute Gasteiger partial charge is 0.353 e. The van der Waals surface area contributed by atoms with Crippen LogP contribution in [0.5, 0.6) is 0 Å². The standard InChI is InChI=1S/C15H28N2O.ClH/c1-3-12-6-4-7-13(10-12)17-14(18)15(2)8-5-9-16-11-15;/h12-13,16H,3-11H2,1-2H3,(H,17,18);1H. The molecule has 0 aromatic carbocycles. The second kappa shape index (κ2) is 7.49. The fourth-order valence-electron chi connectivity index (χ4n) is 3.40. The molecule has 1 amide bonds. The maximum atomic E-state index is 12.4. The fourth-order valence-corrected chi connectivity index (χ4v) is 3.40. The molecule has 1 aliphatic carbocycles. The molecule has 112 valence electrons. The zero-order valence-corrected chi connectivity index (χ0v) is 13.2. The topological polar surface area (TPSA) is 41.1 Å². The number of carbonyl (C=O) groups excluding carboxylic acids is 1. The quantitative estimate of drug-likeness (QED) is 0.838. The van der Waals surface area contributed by atoms with Gasteiger partial charge < -0.3 is 10.6 Å². The number of amides is 1. The molecule has 1 heterocycles. The van der Waals surface area contributed by atoms with Crippen LogP contribution < -0.4 is 10.6 Å². The Hall–Kier alpha value is -0.280. The van der Waals surface area contributed by atoms with Crippen molar-refractivity contribution in [2.45, 2.75) is 64.8 Å². The highest BCUT2D eigenvalue weighted by Crippen LogP contribution is 2.29. The summed E-state index contributed by atoms with van der Waals surface area (Å²) in [5, 5.41) is 6.67. The van der Waals surface area contributed by atoms with Crippen LogP contribution in [0.2, 0.25) is 0 Å². The maximum absolute atomic E-state index is 12.4. The molecule has 3 nitrogen and oxygen atoms in total. The Morgan fingerprint density at radius 2 is 2.16 bits per heavy atom. The van der Waals surface area contributed by atoms with Gasteiger partial charge in [-0.1, -0.05) is 26.2 Å². The molecule has 1 saturated carbocycles. The first-order valence-corrected chi connectivity index (χ1v) is 7.66. The van der Waals surface area contributed by atoms with Gasteiger partial charge in [0.2, 0.25) is 5.91 Å². The van der Waals surface area contributed by atoms with E-state index in [-0.39, 0.29) is 23.7 Å². The minimum Gasteiger partial charge on any atom is -0.353 e. The van der Waals surface area contributed by atoms with E-state index in [4.69, 9.17) is 0 Å². The molecular formula is C15H29ClN2O. The van der Waals surface area contributed by atoms with Gasteiger partial charge in [-0.05, 0) is 45.1 Å². The van der Waals surface area contributed by atoms with Crippen LogP contribution in [0.25, 0.3) is 0 Å². The van der Waals surface area contributed by atoms with Crippen LogP contribution in [0.3, 0.4) is 0 Å². The van der Waals surface area contributed by atoms with E-state index in [1.165, 1.54) is 32.1 Å². The molecule has 1 saturated heterocycles. The van der Waals surface area contributed by atoms with E-state index in [1.54, 1.807) is 0 Å².